The molecule has 14 nitrogen and oxygen atoms in total. The highest BCUT2D eigenvalue weighted by molar-refractivity contribution is 7.91. The number of imidazole rings is 1. The van der Waals surface area contributed by atoms with Gasteiger partial charge in [0.15, 0.2) is 21.3 Å². The van der Waals surface area contributed by atoms with Crippen LogP contribution in [-0.4, -0.2) is 91.9 Å². The van der Waals surface area contributed by atoms with E-state index in [1.165, 1.54) is 27.1 Å². The van der Waals surface area contributed by atoms with Crippen molar-refractivity contribution in [3.63, 3.8) is 0 Å². The Morgan fingerprint density at radius 1 is 1.20 bits per heavy atom. The van der Waals surface area contributed by atoms with Gasteiger partial charge in [0.25, 0.3) is 0 Å². The third-order valence-corrected chi connectivity index (χ3v) is 10.0. The topological polar surface area (TPSA) is 176 Å². The van der Waals surface area contributed by atoms with Crippen molar-refractivity contribution in [2.75, 3.05) is 35.3 Å². The summed E-state index contributed by atoms with van der Waals surface area (Å²) in [5.74, 6) is -0.611. The van der Waals surface area contributed by atoms with E-state index >= 15 is 0 Å². The van der Waals surface area contributed by atoms with Crippen LogP contribution in [0.15, 0.2) is 36.9 Å². The number of aromatic amines is 1. The Kier molecular flexibility index (Phi) is 5.35. The first-order valence-electron chi connectivity index (χ1n) is 13.0. The van der Waals surface area contributed by atoms with Crippen molar-refractivity contribution in [1.82, 2.24) is 34.6 Å². The van der Waals surface area contributed by atoms with Gasteiger partial charge in [0.2, 0.25) is 17.7 Å². The molecular weight excluding hydrogens is 550 g/mol. The summed E-state index contributed by atoms with van der Waals surface area (Å²) in [6, 6.07) is 6.65. The molecule has 0 saturated carbocycles. The highest BCUT2D eigenvalue weighted by Gasteiger charge is 2.58. The molecule has 1 fully saturated rings. The Hall–Kier alpha value is -4.66. The number of rotatable bonds is 4. The van der Waals surface area contributed by atoms with E-state index < -0.39 is 33.1 Å². The third kappa shape index (κ3) is 3.61. The first-order chi connectivity index (χ1) is 19.6. The van der Waals surface area contributed by atoms with Crippen molar-refractivity contribution in [3.05, 3.63) is 53.7 Å². The van der Waals surface area contributed by atoms with Crippen LogP contribution in [0.5, 0.6) is 0 Å². The zero-order valence-corrected chi connectivity index (χ0v) is 23.0. The van der Waals surface area contributed by atoms with E-state index in [-0.39, 0.29) is 30.4 Å². The minimum atomic E-state index is -3.20. The summed E-state index contributed by atoms with van der Waals surface area (Å²) in [5.41, 5.74) is 1.64. The number of nitrogens with one attached hydrogen (secondary N) is 2. The molecule has 210 valence electrons. The van der Waals surface area contributed by atoms with Gasteiger partial charge in [-0.15, -0.1) is 0 Å². The number of hydrogen-bond donors (Lipinski definition) is 2. The molecule has 3 aliphatic rings. The fourth-order valence-corrected chi connectivity index (χ4v) is 8.13. The molecule has 1 saturated heterocycles. The number of para-hydroxylation sites is 1. The molecule has 0 unspecified atom stereocenters. The van der Waals surface area contributed by atoms with Crippen LogP contribution in [0.25, 0.3) is 17.0 Å². The minimum absolute atomic E-state index is 0.0300. The minimum Gasteiger partial charge on any atom is -0.340 e. The Morgan fingerprint density at radius 2 is 2.00 bits per heavy atom. The maximum atomic E-state index is 14.5. The molecule has 6 heterocycles. The van der Waals surface area contributed by atoms with Crippen molar-refractivity contribution in [1.29, 1.82) is 0 Å². The number of carbonyl (C=O) groups is 3. The van der Waals surface area contributed by atoms with Crippen LogP contribution in [0.2, 0.25) is 0 Å². The van der Waals surface area contributed by atoms with Crippen LogP contribution in [0.4, 0.5) is 11.5 Å². The molecule has 2 N–H and O–H groups in total. The number of amides is 3. The smallest absolute Gasteiger partial charge is 0.243 e. The molecule has 0 bridgehead atoms. The molecule has 3 amide bonds. The summed E-state index contributed by atoms with van der Waals surface area (Å²) < 4.78 is 25.5. The molecule has 1 spiro atoms. The highest BCUT2D eigenvalue weighted by Crippen LogP contribution is 2.53. The fraction of sp³-hybridized carbons (Fsp3) is 0.346. The third-order valence-electron chi connectivity index (χ3n) is 8.28. The van der Waals surface area contributed by atoms with Crippen molar-refractivity contribution in [3.8, 4) is 5.82 Å². The number of anilines is 2. The Morgan fingerprint density at radius 3 is 2.78 bits per heavy atom. The van der Waals surface area contributed by atoms with Gasteiger partial charge in [-0.3, -0.25) is 14.4 Å². The predicted molar refractivity (Wildman–Crippen MR) is 146 cm³/mol. The van der Waals surface area contributed by atoms with Crippen molar-refractivity contribution in [2.45, 2.75) is 31.2 Å². The maximum Gasteiger partial charge on any atom is 0.243 e. The molecule has 1 aromatic carbocycles. The van der Waals surface area contributed by atoms with E-state index in [0.29, 0.717) is 51.7 Å². The Labute approximate surface area is 233 Å². The number of carbonyl (C=O) groups excluding carboxylic acids is 3. The SMILES string of the molecule is Cc1nn(-c2ncnc3nc[nH]c23)c2c1[C@]1(CC(=O)N2)C(=O)N(CC(=O)N(C)[C@@H]2CCS(=O)(=O)C2)c2ccccc21. The molecular formula is C26H25N9O5S. The first-order valence-corrected chi connectivity index (χ1v) is 14.8. The van der Waals surface area contributed by atoms with E-state index in [0.717, 1.165) is 0 Å². The number of nitrogens with zero attached hydrogens (tertiary/aromatic N) is 7. The number of fused-ring (bicyclic) bond motifs is 5. The molecule has 0 aliphatic carbocycles. The van der Waals surface area contributed by atoms with Crippen LogP contribution in [0, 0.1) is 6.92 Å². The van der Waals surface area contributed by atoms with Crippen molar-refractivity contribution >= 4 is 50.2 Å². The zero-order valence-electron chi connectivity index (χ0n) is 22.2. The lowest BCUT2D eigenvalue weighted by Gasteiger charge is -2.33. The normalized spacial score (nSPS) is 22.7. The van der Waals surface area contributed by atoms with E-state index in [1.807, 2.05) is 0 Å². The molecule has 41 heavy (non-hydrogen) atoms. The van der Waals surface area contributed by atoms with Gasteiger partial charge < -0.3 is 20.1 Å². The summed E-state index contributed by atoms with van der Waals surface area (Å²) in [6.45, 7) is 1.47. The molecule has 4 aromatic rings. The average molecular weight is 576 g/mol. The number of benzene rings is 1. The van der Waals surface area contributed by atoms with Gasteiger partial charge in [-0.1, -0.05) is 18.2 Å². The van der Waals surface area contributed by atoms with E-state index in [9.17, 15) is 22.8 Å². The summed E-state index contributed by atoms with van der Waals surface area (Å²) in [5, 5.41) is 7.58. The molecule has 3 aliphatic heterocycles. The fourth-order valence-electron chi connectivity index (χ4n) is 6.35. The van der Waals surface area contributed by atoms with Gasteiger partial charge in [0.1, 0.15) is 29.6 Å². The van der Waals surface area contributed by atoms with Gasteiger partial charge >= 0.3 is 0 Å². The number of aryl methyl sites for hydroxylation is 1. The van der Waals surface area contributed by atoms with Gasteiger partial charge in [-0.25, -0.2) is 23.4 Å². The lowest BCUT2D eigenvalue weighted by atomic mass is 9.70. The van der Waals surface area contributed by atoms with Crippen molar-refractivity contribution < 1.29 is 22.8 Å². The van der Waals surface area contributed by atoms with Crippen LogP contribution >= 0.6 is 0 Å². The zero-order chi connectivity index (χ0) is 28.7. The molecule has 3 aromatic heterocycles. The highest BCUT2D eigenvalue weighted by atomic mass is 32.2. The van der Waals surface area contributed by atoms with Gasteiger partial charge in [0, 0.05) is 30.8 Å². The Bertz CT molecular complexity index is 1900. The summed E-state index contributed by atoms with van der Waals surface area (Å²) in [4.78, 5) is 59.7. The number of hydrogen-bond acceptors (Lipinski definition) is 9. The Balaban J connectivity index is 1.33. The van der Waals surface area contributed by atoms with Crippen LogP contribution in [0.3, 0.4) is 0 Å². The molecule has 2 atom stereocenters. The summed E-state index contributed by atoms with van der Waals surface area (Å²) in [7, 11) is -1.64. The van der Waals surface area contributed by atoms with Gasteiger partial charge in [-0.2, -0.15) is 9.78 Å². The summed E-state index contributed by atoms with van der Waals surface area (Å²) in [6.07, 6.45) is 3.01. The second-order valence-corrected chi connectivity index (χ2v) is 12.8. The van der Waals surface area contributed by atoms with Gasteiger partial charge in [-0.05, 0) is 25.0 Å². The van der Waals surface area contributed by atoms with E-state index in [2.05, 4.69) is 25.3 Å². The predicted octanol–water partition coefficient (Wildman–Crippen LogP) is 0.467. The van der Waals surface area contributed by atoms with Gasteiger partial charge in [0.05, 0.1) is 23.5 Å². The lowest BCUT2D eigenvalue weighted by molar-refractivity contribution is -0.132. The number of aromatic nitrogens is 6. The van der Waals surface area contributed by atoms with Crippen LogP contribution < -0.4 is 10.2 Å². The van der Waals surface area contributed by atoms with E-state index in [4.69, 9.17) is 5.10 Å². The molecule has 7 rings (SSSR count). The first kappa shape index (κ1) is 25.3. The lowest BCUT2D eigenvalue weighted by Crippen LogP contribution is -2.50. The summed E-state index contributed by atoms with van der Waals surface area (Å²) >= 11 is 0. The molecule has 0 radical (unpaired) electrons. The van der Waals surface area contributed by atoms with Crippen LogP contribution in [-0.2, 0) is 29.6 Å². The van der Waals surface area contributed by atoms with E-state index in [1.54, 1.807) is 38.2 Å². The quantitative estimate of drug-likeness (QED) is 0.350. The van der Waals surface area contributed by atoms with Crippen LogP contribution in [0.1, 0.15) is 29.7 Å². The molecule has 15 heteroatoms. The standard InChI is InChI=1S/C26H25N9O5S/c1-14-20-23(35(32-14)24-21-22(28-12-27-21)29-13-30-24)31-18(36)9-26(20)16-5-3-4-6-17(16)34(25(26)38)10-19(37)33(2)15-7-8-41(39,40)11-15/h3-6,12-13,15H,7-11H2,1-2H3,(H,31,36)(H,27,28,29,30)/t15-,26-/m1/s1. The second-order valence-electron chi connectivity index (χ2n) is 10.6. The largest absolute Gasteiger partial charge is 0.340 e. The number of likely N-dealkylation sites (N-methyl/N-ethyl adjacent to an activating group) is 1. The number of sulfone groups is 1. The average Bonchev–Trinajstić information content (AvgIpc) is 3.70. The number of H-pyrrole nitrogens is 1. The monoisotopic (exact) mass is 575 g/mol. The maximum absolute atomic E-state index is 14.5. The van der Waals surface area contributed by atoms with Crippen molar-refractivity contribution in [2.24, 2.45) is 0 Å². The second kappa shape index (κ2) is 8.67.